The fourth-order valence-electron chi connectivity index (χ4n) is 3.91. The molecule has 34 heavy (non-hydrogen) atoms. The van der Waals surface area contributed by atoms with Crippen molar-refractivity contribution in [1.82, 2.24) is 15.5 Å². The van der Waals surface area contributed by atoms with Gasteiger partial charge in [0.25, 0.3) is 5.91 Å². The topological polar surface area (TPSA) is 73.8 Å². The lowest BCUT2D eigenvalue weighted by atomic mass is 10.0. The summed E-state index contributed by atoms with van der Waals surface area (Å²) >= 11 is 0. The molecule has 1 aliphatic heterocycles. The van der Waals surface area contributed by atoms with E-state index >= 15 is 0 Å². The van der Waals surface area contributed by atoms with E-state index in [0.717, 1.165) is 38.1 Å². The third-order valence-electron chi connectivity index (χ3n) is 5.98. The van der Waals surface area contributed by atoms with Gasteiger partial charge in [-0.15, -0.1) is 0 Å². The van der Waals surface area contributed by atoms with Crippen LogP contribution in [0.15, 0.2) is 24.3 Å². The Bertz CT molecular complexity index is 632. The molecule has 202 valence electrons. The van der Waals surface area contributed by atoms with E-state index < -0.39 is 5.72 Å². The highest BCUT2D eigenvalue weighted by Crippen LogP contribution is 2.17. The number of hydrogen-bond donors (Lipinski definition) is 3. The van der Waals surface area contributed by atoms with Crippen LogP contribution in [-0.4, -0.2) is 61.5 Å². The fraction of sp³-hybridized carbons (Fsp3) is 0.750. The number of hydrogen-bond acceptors (Lipinski definition) is 5. The van der Waals surface area contributed by atoms with E-state index in [2.05, 4.69) is 22.5 Å². The summed E-state index contributed by atoms with van der Waals surface area (Å²) in [7, 11) is 1.63. The highest BCUT2D eigenvalue weighted by atomic mass is 16.5. The first-order valence-corrected chi connectivity index (χ1v) is 13.6. The summed E-state index contributed by atoms with van der Waals surface area (Å²) < 4.78 is 5.68. The molecule has 1 aliphatic rings. The van der Waals surface area contributed by atoms with Crippen molar-refractivity contribution in [1.29, 1.82) is 0 Å². The Kier molecular flexibility index (Phi) is 19.7. The number of benzene rings is 1. The SMILES string of the molecule is CC.CCCCCCCC(O)(CC)NCC.CNC(=O)c1cccc(OCCN2CCCC2)c1.[HH].[HH]. The molecular weight excluding hydrogens is 426 g/mol. The molecule has 1 unspecified atom stereocenters. The number of amides is 1. The fourth-order valence-corrected chi connectivity index (χ4v) is 3.91. The number of ether oxygens (including phenoxy) is 1. The molecule has 3 N–H and O–H groups in total. The summed E-state index contributed by atoms with van der Waals surface area (Å²) in [4.78, 5) is 13.9. The van der Waals surface area contributed by atoms with Gasteiger partial charge in [0, 0.05) is 22.0 Å². The van der Waals surface area contributed by atoms with Gasteiger partial charge in [-0.25, -0.2) is 0 Å². The van der Waals surface area contributed by atoms with E-state index in [1.807, 2.05) is 39.8 Å². The maximum Gasteiger partial charge on any atom is 0.251 e. The van der Waals surface area contributed by atoms with Gasteiger partial charge in [-0.3, -0.25) is 15.0 Å². The van der Waals surface area contributed by atoms with Crippen LogP contribution in [0.2, 0.25) is 0 Å². The standard InChI is InChI=1S/C14H20N2O2.C12H27NO.C2H6.2H2/c1-15-14(17)12-5-4-6-13(11-12)18-10-9-16-7-2-3-8-16;1-4-7-8-9-10-11-12(14,5-2)13-6-3;1-2;;/h4-6,11H,2-3,7-10H2,1H3,(H,15,17);13-14H,4-11H2,1-3H3;1-2H3;2*1H. The molecule has 0 radical (unpaired) electrons. The minimum atomic E-state index is -0.610. The van der Waals surface area contributed by atoms with Crippen LogP contribution < -0.4 is 15.4 Å². The first kappa shape index (κ1) is 32.4. The second kappa shape index (κ2) is 20.7. The molecule has 1 heterocycles. The van der Waals surface area contributed by atoms with E-state index in [-0.39, 0.29) is 8.76 Å². The Morgan fingerprint density at radius 1 is 1.12 bits per heavy atom. The van der Waals surface area contributed by atoms with Crippen LogP contribution in [0, 0.1) is 0 Å². The molecule has 6 heteroatoms. The Morgan fingerprint density at radius 2 is 1.79 bits per heavy atom. The third-order valence-corrected chi connectivity index (χ3v) is 5.98. The smallest absolute Gasteiger partial charge is 0.251 e. The number of likely N-dealkylation sites (tertiary alicyclic amines) is 1. The van der Waals surface area contributed by atoms with Gasteiger partial charge in [-0.2, -0.15) is 0 Å². The van der Waals surface area contributed by atoms with Crippen LogP contribution in [0.3, 0.4) is 0 Å². The monoisotopic (exact) mass is 483 g/mol. The lowest BCUT2D eigenvalue weighted by Crippen LogP contribution is -2.44. The van der Waals surface area contributed by atoms with Crippen molar-refractivity contribution in [3.8, 4) is 5.75 Å². The highest BCUT2D eigenvalue weighted by Gasteiger charge is 2.21. The van der Waals surface area contributed by atoms with Crippen molar-refractivity contribution < 1.29 is 17.5 Å². The van der Waals surface area contributed by atoms with Gasteiger partial charge in [0.1, 0.15) is 18.1 Å². The summed E-state index contributed by atoms with van der Waals surface area (Å²) in [6.07, 6.45) is 10.6. The molecule has 1 aromatic rings. The van der Waals surface area contributed by atoms with Crippen molar-refractivity contribution in [3.05, 3.63) is 29.8 Å². The number of nitrogens with one attached hydrogen (secondary N) is 2. The molecule has 2 rings (SSSR count). The summed E-state index contributed by atoms with van der Waals surface area (Å²) in [6.45, 7) is 15.2. The van der Waals surface area contributed by atoms with Crippen molar-refractivity contribution >= 4 is 5.91 Å². The van der Waals surface area contributed by atoms with Gasteiger partial charge in [-0.05, 0) is 69.9 Å². The highest BCUT2D eigenvalue weighted by molar-refractivity contribution is 5.94. The second-order valence-electron chi connectivity index (χ2n) is 8.58. The predicted octanol–water partition coefficient (Wildman–Crippen LogP) is 6.09. The normalized spacial score (nSPS) is 14.8. The van der Waals surface area contributed by atoms with Crippen LogP contribution in [0.25, 0.3) is 0 Å². The number of carbonyl (C=O) groups is 1. The maximum atomic E-state index is 11.5. The van der Waals surface area contributed by atoms with Crippen molar-refractivity contribution in [2.75, 3.05) is 39.8 Å². The molecule has 0 spiro atoms. The van der Waals surface area contributed by atoms with Crippen molar-refractivity contribution in [2.24, 2.45) is 0 Å². The first-order valence-electron chi connectivity index (χ1n) is 13.6. The van der Waals surface area contributed by atoms with E-state index in [0.29, 0.717) is 12.2 Å². The summed E-state index contributed by atoms with van der Waals surface area (Å²) in [5.41, 5.74) is 0.0252. The number of rotatable bonds is 14. The van der Waals surface area contributed by atoms with Gasteiger partial charge >= 0.3 is 0 Å². The molecule has 0 bridgehead atoms. The van der Waals surface area contributed by atoms with Crippen LogP contribution in [0.4, 0.5) is 0 Å². The van der Waals surface area contributed by atoms with Crippen LogP contribution in [0.1, 0.15) is 106 Å². The summed E-state index contributed by atoms with van der Waals surface area (Å²) in [6, 6.07) is 7.29. The van der Waals surface area contributed by atoms with Crippen LogP contribution >= 0.6 is 0 Å². The zero-order valence-electron chi connectivity index (χ0n) is 22.9. The third kappa shape index (κ3) is 14.6. The minimum Gasteiger partial charge on any atom is -0.492 e. The van der Waals surface area contributed by atoms with Crippen molar-refractivity contribution in [2.45, 2.75) is 98.1 Å². The Labute approximate surface area is 212 Å². The van der Waals surface area contributed by atoms with Crippen molar-refractivity contribution in [3.63, 3.8) is 0 Å². The Hall–Kier alpha value is -1.63. The predicted molar refractivity (Wildman–Crippen MR) is 149 cm³/mol. The lowest BCUT2D eigenvalue weighted by Gasteiger charge is -2.27. The summed E-state index contributed by atoms with van der Waals surface area (Å²) in [5, 5.41) is 15.8. The van der Waals surface area contributed by atoms with Gasteiger partial charge in [-0.1, -0.05) is 66.4 Å². The largest absolute Gasteiger partial charge is 0.492 e. The molecule has 0 aliphatic carbocycles. The average Bonchev–Trinajstić information content (AvgIpc) is 3.39. The molecule has 1 atom stereocenters. The molecule has 1 fully saturated rings. The zero-order chi connectivity index (χ0) is 25.7. The molecular formula is C28H57N3O3. The van der Waals surface area contributed by atoms with Gasteiger partial charge in [0.15, 0.2) is 0 Å². The molecule has 0 aromatic heterocycles. The molecule has 1 saturated heterocycles. The van der Waals surface area contributed by atoms with Crippen LogP contribution in [-0.2, 0) is 0 Å². The zero-order valence-corrected chi connectivity index (χ0v) is 22.9. The molecule has 1 aromatic carbocycles. The van der Waals surface area contributed by atoms with Gasteiger partial charge < -0.3 is 15.2 Å². The number of nitrogens with zero attached hydrogens (tertiary/aromatic N) is 1. The quantitative estimate of drug-likeness (QED) is 0.220. The molecule has 1 amide bonds. The number of unbranched alkanes of at least 4 members (excludes halogenated alkanes) is 4. The van der Waals surface area contributed by atoms with E-state index in [1.54, 1.807) is 19.2 Å². The summed E-state index contributed by atoms with van der Waals surface area (Å²) in [5.74, 6) is 0.676. The lowest BCUT2D eigenvalue weighted by molar-refractivity contribution is -0.00723. The maximum absolute atomic E-state index is 11.5. The molecule has 0 saturated carbocycles. The van der Waals surface area contributed by atoms with E-state index in [1.165, 1.54) is 51.6 Å². The Morgan fingerprint density at radius 3 is 2.38 bits per heavy atom. The minimum absolute atomic E-state index is 0. The number of carbonyl (C=O) groups excluding carboxylic acids is 1. The van der Waals surface area contributed by atoms with Gasteiger partial charge in [0.05, 0.1) is 0 Å². The Balaban J connectivity index is -0.000000553. The molecule has 6 nitrogen and oxygen atoms in total. The number of aliphatic hydroxyl groups is 1. The van der Waals surface area contributed by atoms with E-state index in [4.69, 9.17) is 4.74 Å². The van der Waals surface area contributed by atoms with Crippen LogP contribution in [0.5, 0.6) is 5.75 Å². The van der Waals surface area contributed by atoms with Gasteiger partial charge in [0.2, 0.25) is 0 Å². The first-order chi connectivity index (χ1) is 16.5. The average molecular weight is 484 g/mol. The van der Waals surface area contributed by atoms with E-state index in [9.17, 15) is 9.90 Å². The second-order valence-corrected chi connectivity index (χ2v) is 8.58.